The van der Waals surface area contributed by atoms with E-state index in [9.17, 15) is 14.7 Å². The molecule has 1 saturated carbocycles. The van der Waals surface area contributed by atoms with E-state index in [1.165, 1.54) is 24.8 Å². The molecule has 5 nitrogen and oxygen atoms in total. The Morgan fingerprint density at radius 1 is 1.26 bits per heavy atom. The molecular weight excluding hydrogens is 292 g/mol. The van der Waals surface area contributed by atoms with Gasteiger partial charge in [0.1, 0.15) is 0 Å². The summed E-state index contributed by atoms with van der Waals surface area (Å²) >= 11 is 0. The zero-order valence-corrected chi connectivity index (χ0v) is 13.5. The fourth-order valence-corrected chi connectivity index (χ4v) is 3.51. The highest BCUT2D eigenvalue weighted by molar-refractivity contribution is 5.90. The van der Waals surface area contributed by atoms with Gasteiger partial charge in [0.15, 0.2) is 0 Å². The van der Waals surface area contributed by atoms with Gasteiger partial charge in [0.25, 0.3) is 0 Å². The summed E-state index contributed by atoms with van der Waals surface area (Å²) in [6.45, 7) is 2.89. The molecular formula is C18H24N2O3. The highest BCUT2D eigenvalue weighted by atomic mass is 16.4. The van der Waals surface area contributed by atoms with Gasteiger partial charge < -0.3 is 15.3 Å². The summed E-state index contributed by atoms with van der Waals surface area (Å²) in [4.78, 5) is 25.3. The van der Waals surface area contributed by atoms with Crippen LogP contribution in [0.4, 0.5) is 10.5 Å². The lowest BCUT2D eigenvalue weighted by atomic mass is 9.80. The van der Waals surface area contributed by atoms with E-state index in [2.05, 4.69) is 11.4 Å². The van der Waals surface area contributed by atoms with Gasteiger partial charge in [-0.25, -0.2) is 4.79 Å². The largest absolute Gasteiger partial charge is 0.481 e. The first-order valence-corrected chi connectivity index (χ1v) is 8.41. The van der Waals surface area contributed by atoms with E-state index < -0.39 is 11.9 Å². The SMILES string of the molecule is CC1CC(C(=O)O)CN(C(=O)Nc2cccc(C3CCC3)c2)C1. The molecule has 2 unspecified atom stereocenters. The van der Waals surface area contributed by atoms with Gasteiger partial charge in [0.05, 0.1) is 5.92 Å². The number of likely N-dealkylation sites (tertiary alicyclic amines) is 1. The summed E-state index contributed by atoms with van der Waals surface area (Å²) in [5.74, 6) is -0.456. The van der Waals surface area contributed by atoms with Crippen molar-refractivity contribution < 1.29 is 14.7 Å². The highest BCUT2D eigenvalue weighted by Gasteiger charge is 2.32. The molecule has 3 rings (SSSR count). The molecule has 1 aromatic rings. The Morgan fingerprint density at radius 2 is 2.04 bits per heavy atom. The van der Waals surface area contributed by atoms with Crippen LogP contribution in [-0.4, -0.2) is 35.1 Å². The molecule has 124 valence electrons. The van der Waals surface area contributed by atoms with Crippen molar-refractivity contribution in [3.05, 3.63) is 29.8 Å². The van der Waals surface area contributed by atoms with Crippen molar-refractivity contribution in [1.29, 1.82) is 0 Å². The zero-order valence-electron chi connectivity index (χ0n) is 13.5. The van der Waals surface area contributed by atoms with Crippen LogP contribution in [0, 0.1) is 11.8 Å². The number of anilines is 1. The quantitative estimate of drug-likeness (QED) is 0.896. The van der Waals surface area contributed by atoms with Crippen molar-refractivity contribution in [3.63, 3.8) is 0 Å². The Balaban J connectivity index is 1.65. The molecule has 2 fully saturated rings. The van der Waals surface area contributed by atoms with Crippen molar-refractivity contribution in [3.8, 4) is 0 Å². The monoisotopic (exact) mass is 316 g/mol. The van der Waals surface area contributed by atoms with E-state index >= 15 is 0 Å². The second-order valence-electron chi connectivity index (χ2n) is 6.96. The first kappa shape index (κ1) is 15.8. The third-order valence-corrected chi connectivity index (χ3v) is 5.01. The lowest BCUT2D eigenvalue weighted by Crippen LogP contribution is -2.47. The maximum Gasteiger partial charge on any atom is 0.321 e. The summed E-state index contributed by atoms with van der Waals surface area (Å²) < 4.78 is 0. The van der Waals surface area contributed by atoms with Crippen LogP contribution in [-0.2, 0) is 4.79 Å². The number of carbonyl (C=O) groups excluding carboxylic acids is 1. The summed E-state index contributed by atoms with van der Waals surface area (Å²) in [7, 11) is 0. The molecule has 2 N–H and O–H groups in total. The maximum atomic E-state index is 12.5. The van der Waals surface area contributed by atoms with Crippen molar-refractivity contribution in [1.82, 2.24) is 4.90 Å². The minimum atomic E-state index is -0.818. The molecule has 2 atom stereocenters. The third-order valence-electron chi connectivity index (χ3n) is 5.01. The normalized spacial score (nSPS) is 24.8. The molecule has 1 aromatic carbocycles. The van der Waals surface area contributed by atoms with E-state index in [0.717, 1.165) is 5.69 Å². The summed E-state index contributed by atoms with van der Waals surface area (Å²) in [5, 5.41) is 12.1. The Bertz CT molecular complexity index is 598. The van der Waals surface area contributed by atoms with Crippen molar-refractivity contribution in [2.75, 3.05) is 18.4 Å². The average molecular weight is 316 g/mol. The topological polar surface area (TPSA) is 69.6 Å². The predicted octanol–water partition coefficient (Wildman–Crippen LogP) is 3.53. The van der Waals surface area contributed by atoms with Crippen LogP contribution in [0.1, 0.15) is 44.1 Å². The number of urea groups is 1. The number of carboxylic acids is 1. The second kappa shape index (κ2) is 6.60. The van der Waals surface area contributed by atoms with E-state index in [-0.39, 0.29) is 18.5 Å². The van der Waals surface area contributed by atoms with Gasteiger partial charge in [0.2, 0.25) is 0 Å². The number of rotatable bonds is 3. The molecule has 2 amide bonds. The van der Waals surface area contributed by atoms with Gasteiger partial charge >= 0.3 is 12.0 Å². The fraction of sp³-hybridized carbons (Fsp3) is 0.556. The number of carboxylic acid groups (broad SMARTS) is 1. The van der Waals surface area contributed by atoms with Crippen LogP contribution >= 0.6 is 0 Å². The van der Waals surface area contributed by atoms with Crippen LogP contribution in [0.5, 0.6) is 0 Å². The molecule has 1 aliphatic carbocycles. The Hall–Kier alpha value is -2.04. The number of hydrogen-bond donors (Lipinski definition) is 2. The van der Waals surface area contributed by atoms with Gasteiger partial charge in [-0.1, -0.05) is 25.5 Å². The van der Waals surface area contributed by atoms with E-state index in [4.69, 9.17) is 0 Å². The number of amides is 2. The predicted molar refractivity (Wildman–Crippen MR) is 88.5 cm³/mol. The maximum absolute atomic E-state index is 12.5. The molecule has 2 aliphatic rings. The van der Waals surface area contributed by atoms with E-state index in [1.807, 2.05) is 25.1 Å². The van der Waals surface area contributed by atoms with Gasteiger partial charge in [-0.15, -0.1) is 0 Å². The lowest BCUT2D eigenvalue weighted by molar-refractivity contribution is -0.143. The Morgan fingerprint density at radius 3 is 2.70 bits per heavy atom. The molecule has 1 aliphatic heterocycles. The van der Waals surface area contributed by atoms with Crippen molar-refractivity contribution in [2.45, 2.75) is 38.5 Å². The van der Waals surface area contributed by atoms with Crippen molar-refractivity contribution in [2.24, 2.45) is 11.8 Å². The van der Waals surface area contributed by atoms with Gasteiger partial charge in [-0.2, -0.15) is 0 Å². The molecule has 0 bridgehead atoms. The number of hydrogen-bond acceptors (Lipinski definition) is 2. The summed E-state index contributed by atoms with van der Waals surface area (Å²) in [5.41, 5.74) is 2.08. The minimum Gasteiger partial charge on any atom is -0.481 e. The number of benzene rings is 1. The fourth-order valence-electron chi connectivity index (χ4n) is 3.51. The first-order valence-electron chi connectivity index (χ1n) is 8.41. The number of piperidine rings is 1. The van der Waals surface area contributed by atoms with Gasteiger partial charge in [-0.3, -0.25) is 4.79 Å². The first-order chi connectivity index (χ1) is 11.0. The Labute approximate surface area is 136 Å². The number of nitrogens with zero attached hydrogens (tertiary/aromatic N) is 1. The van der Waals surface area contributed by atoms with Crippen LogP contribution in [0.25, 0.3) is 0 Å². The number of aliphatic carboxylic acids is 1. The standard InChI is InChI=1S/C18H24N2O3/c1-12-8-15(17(21)22)11-20(10-12)18(23)19-16-7-3-6-14(9-16)13-4-2-5-13/h3,6-7,9,12-13,15H,2,4-5,8,10-11H2,1H3,(H,19,23)(H,21,22). The van der Waals surface area contributed by atoms with Crippen LogP contribution in [0.3, 0.4) is 0 Å². The molecule has 0 aromatic heterocycles. The summed E-state index contributed by atoms with van der Waals surface area (Å²) in [6.07, 6.45) is 4.36. The molecule has 1 heterocycles. The van der Waals surface area contributed by atoms with Crippen molar-refractivity contribution >= 4 is 17.7 Å². The molecule has 0 radical (unpaired) electrons. The lowest BCUT2D eigenvalue weighted by Gasteiger charge is -2.34. The van der Waals surface area contributed by atoms with Crippen LogP contribution in [0.2, 0.25) is 0 Å². The third kappa shape index (κ3) is 3.66. The second-order valence-corrected chi connectivity index (χ2v) is 6.96. The van der Waals surface area contributed by atoms with Gasteiger partial charge in [-0.05, 0) is 48.8 Å². The molecule has 5 heteroatoms. The smallest absolute Gasteiger partial charge is 0.321 e. The van der Waals surface area contributed by atoms with Crippen LogP contribution in [0.15, 0.2) is 24.3 Å². The molecule has 23 heavy (non-hydrogen) atoms. The van der Waals surface area contributed by atoms with E-state index in [0.29, 0.717) is 18.9 Å². The Kier molecular flexibility index (Phi) is 4.55. The zero-order chi connectivity index (χ0) is 16.4. The molecule has 0 spiro atoms. The summed E-state index contributed by atoms with van der Waals surface area (Å²) in [6, 6.07) is 7.82. The minimum absolute atomic E-state index is 0.200. The van der Waals surface area contributed by atoms with Crippen LogP contribution < -0.4 is 5.32 Å². The van der Waals surface area contributed by atoms with E-state index in [1.54, 1.807) is 4.90 Å². The average Bonchev–Trinajstić information content (AvgIpc) is 2.45. The molecule has 1 saturated heterocycles. The van der Waals surface area contributed by atoms with Gasteiger partial charge in [0, 0.05) is 18.8 Å². The number of carbonyl (C=O) groups is 2. The number of nitrogens with one attached hydrogen (secondary N) is 1. The highest BCUT2D eigenvalue weighted by Crippen LogP contribution is 2.37.